The van der Waals surface area contributed by atoms with Gasteiger partial charge in [0.1, 0.15) is 0 Å². The van der Waals surface area contributed by atoms with Crippen molar-refractivity contribution in [2.45, 2.75) is 19.1 Å². The molecule has 3 rings (SSSR count). The molecule has 0 unspecified atom stereocenters. The van der Waals surface area contributed by atoms with Crippen LogP contribution in [0.25, 0.3) is 11.4 Å². The summed E-state index contributed by atoms with van der Waals surface area (Å²) >= 11 is 0. The number of nitrogens with zero attached hydrogens (tertiary/aromatic N) is 3. The Hall–Kier alpha value is -2.13. The lowest BCUT2D eigenvalue weighted by Crippen LogP contribution is -2.52. The number of hydrogen-bond acceptors (Lipinski definition) is 5. The average Bonchev–Trinajstić information content (AvgIpc) is 3.05. The Labute approximate surface area is 147 Å². The van der Waals surface area contributed by atoms with Crippen molar-refractivity contribution in [3.63, 3.8) is 0 Å². The van der Waals surface area contributed by atoms with Crippen molar-refractivity contribution in [1.82, 2.24) is 20.4 Å². The molecule has 1 aromatic heterocycles. The molecule has 10 heteroatoms. The fourth-order valence-electron chi connectivity index (χ4n) is 2.53. The maximum Gasteiger partial charge on any atom is 0.471 e. The third-order valence-corrected chi connectivity index (χ3v) is 3.82. The topological polar surface area (TPSA) is 71.3 Å². The van der Waals surface area contributed by atoms with Gasteiger partial charge in [-0.2, -0.15) is 18.2 Å². The summed E-state index contributed by atoms with van der Waals surface area (Å²) < 4.78 is 41.6. The summed E-state index contributed by atoms with van der Waals surface area (Å²) in [5.74, 6) is -1.68. The van der Waals surface area contributed by atoms with Gasteiger partial charge in [-0.25, -0.2) is 0 Å². The molecule has 1 amide bonds. The van der Waals surface area contributed by atoms with Gasteiger partial charge in [-0.05, 0) is 19.1 Å². The van der Waals surface area contributed by atoms with Crippen molar-refractivity contribution >= 4 is 18.3 Å². The average molecular weight is 377 g/mol. The highest BCUT2D eigenvalue weighted by Gasteiger charge is 2.38. The van der Waals surface area contributed by atoms with E-state index < -0.39 is 12.1 Å². The molecule has 1 N–H and O–H groups in total. The highest BCUT2D eigenvalue weighted by molar-refractivity contribution is 5.95. The lowest BCUT2D eigenvalue weighted by Gasteiger charge is -2.34. The fraction of sp³-hybridized carbons (Fsp3) is 0.400. The number of rotatable bonds is 2. The molecule has 2 aromatic rings. The largest absolute Gasteiger partial charge is 0.471 e. The Balaban J connectivity index is 0.00000225. The van der Waals surface area contributed by atoms with E-state index in [4.69, 9.17) is 0 Å². The van der Waals surface area contributed by atoms with Crippen LogP contribution in [-0.4, -0.2) is 46.6 Å². The lowest BCUT2D eigenvalue weighted by atomic mass is 10.1. The van der Waals surface area contributed by atoms with Crippen LogP contribution >= 0.6 is 12.4 Å². The van der Waals surface area contributed by atoms with E-state index in [9.17, 15) is 18.0 Å². The molecular weight excluding hydrogens is 361 g/mol. The summed E-state index contributed by atoms with van der Waals surface area (Å²) in [6.07, 6.45) is -4.68. The first kappa shape index (κ1) is 19.2. The van der Waals surface area contributed by atoms with E-state index in [0.717, 1.165) is 13.1 Å². The second kappa shape index (κ2) is 7.40. The monoisotopic (exact) mass is 376 g/mol. The second-order valence-electron chi connectivity index (χ2n) is 5.55. The van der Waals surface area contributed by atoms with Crippen molar-refractivity contribution < 1.29 is 22.5 Å². The summed E-state index contributed by atoms with van der Waals surface area (Å²) in [6, 6.07) is 6.19. The van der Waals surface area contributed by atoms with Gasteiger partial charge in [0.25, 0.3) is 5.91 Å². The van der Waals surface area contributed by atoms with E-state index in [1.54, 1.807) is 17.0 Å². The zero-order valence-corrected chi connectivity index (χ0v) is 14.0. The van der Waals surface area contributed by atoms with Crippen molar-refractivity contribution in [3.8, 4) is 11.4 Å². The first-order valence-electron chi connectivity index (χ1n) is 7.39. The van der Waals surface area contributed by atoms with Crippen LogP contribution < -0.4 is 5.32 Å². The van der Waals surface area contributed by atoms with Crippen LogP contribution in [0, 0.1) is 0 Å². The first-order chi connectivity index (χ1) is 11.4. The highest BCUT2D eigenvalue weighted by Crippen LogP contribution is 2.29. The Bertz CT molecular complexity index is 733. The first-order valence-corrected chi connectivity index (χ1v) is 7.39. The molecule has 1 aliphatic rings. The van der Waals surface area contributed by atoms with Gasteiger partial charge in [-0.15, -0.1) is 12.4 Å². The van der Waals surface area contributed by atoms with E-state index in [-0.39, 0.29) is 30.2 Å². The van der Waals surface area contributed by atoms with Gasteiger partial charge in [0.15, 0.2) is 0 Å². The molecule has 136 valence electrons. The van der Waals surface area contributed by atoms with Crippen LogP contribution in [0.1, 0.15) is 23.2 Å². The molecular formula is C15H16ClF3N4O2. The highest BCUT2D eigenvalue weighted by atomic mass is 35.5. The summed E-state index contributed by atoms with van der Waals surface area (Å²) in [7, 11) is 0. The third-order valence-electron chi connectivity index (χ3n) is 3.82. The zero-order valence-electron chi connectivity index (χ0n) is 13.2. The molecule has 1 aliphatic heterocycles. The molecule has 0 radical (unpaired) electrons. The number of piperazine rings is 1. The number of benzene rings is 1. The van der Waals surface area contributed by atoms with Crippen molar-refractivity contribution in [2.75, 3.05) is 19.6 Å². The van der Waals surface area contributed by atoms with Crippen molar-refractivity contribution in [2.24, 2.45) is 0 Å². The Kier molecular flexibility index (Phi) is 5.69. The van der Waals surface area contributed by atoms with Crippen LogP contribution in [-0.2, 0) is 6.18 Å². The Morgan fingerprint density at radius 2 is 2.00 bits per heavy atom. The molecule has 0 spiro atoms. The Morgan fingerprint density at radius 3 is 2.56 bits per heavy atom. The predicted molar refractivity (Wildman–Crippen MR) is 85.4 cm³/mol. The van der Waals surface area contributed by atoms with Crippen LogP contribution in [0.4, 0.5) is 13.2 Å². The van der Waals surface area contributed by atoms with Gasteiger partial charge < -0.3 is 14.7 Å². The quantitative estimate of drug-likeness (QED) is 0.872. The summed E-state index contributed by atoms with van der Waals surface area (Å²) in [4.78, 5) is 17.6. The predicted octanol–water partition coefficient (Wildman–Crippen LogP) is 2.61. The molecule has 0 saturated carbocycles. The van der Waals surface area contributed by atoms with Crippen LogP contribution in [0.5, 0.6) is 0 Å². The van der Waals surface area contributed by atoms with Crippen LogP contribution in [0.3, 0.4) is 0 Å². The van der Waals surface area contributed by atoms with E-state index in [1.165, 1.54) is 12.1 Å². The molecule has 25 heavy (non-hydrogen) atoms. The lowest BCUT2D eigenvalue weighted by molar-refractivity contribution is -0.159. The molecule has 1 fully saturated rings. The number of alkyl halides is 3. The van der Waals surface area contributed by atoms with Gasteiger partial charge in [-0.3, -0.25) is 4.79 Å². The standard InChI is InChI=1S/C15H15F3N4O2.ClH/c1-9-8-19-6-7-22(9)13(23)11-4-2-10(3-5-11)12-20-14(24-21-12)15(16,17)18;/h2-5,9,19H,6-8H2,1H3;1H/t9-;/m0./s1. The van der Waals surface area contributed by atoms with Crippen LogP contribution in [0.2, 0.25) is 0 Å². The smallest absolute Gasteiger partial charge is 0.333 e. The van der Waals surface area contributed by atoms with Gasteiger partial charge in [0.05, 0.1) is 0 Å². The normalized spacial score (nSPS) is 17.9. The molecule has 1 saturated heterocycles. The molecule has 6 nitrogen and oxygen atoms in total. The van der Waals surface area contributed by atoms with Gasteiger partial charge in [0.2, 0.25) is 5.82 Å². The number of carbonyl (C=O) groups excluding carboxylic acids is 1. The maximum atomic E-state index is 12.5. The summed E-state index contributed by atoms with van der Waals surface area (Å²) in [5, 5.41) is 6.52. The number of halogens is 4. The molecule has 1 atom stereocenters. The van der Waals surface area contributed by atoms with Gasteiger partial charge in [-0.1, -0.05) is 17.3 Å². The molecule has 0 aliphatic carbocycles. The van der Waals surface area contributed by atoms with Crippen molar-refractivity contribution in [3.05, 3.63) is 35.7 Å². The minimum Gasteiger partial charge on any atom is -0.333 e. The molecule has 1 aromatic carbocycles. The van der Waals surface area contributed by atoms with Crippen LogP contribution in [0.15, 0.2) is 28.8 Å². The van der Waals surface area contributed by atoms with Gasteiger partial charge >= 0.3 is 12.1 Å². The number of carbonyl (C=O) groups is 1. The third kappa shape index (κ3) is 4.10. The number of aromatic nitrogens is 2. The maximum absolute atomic E-state index is 12.5. The molecule has 2 heterocycles. The number of hydrogen-bond donors (Lipinski definition) is 1. The number of nitrogens with one attached hydrogen (secondary N) is 1. The minimum absolute atomic E-state index is 0. The summed E-state index contributed by atoms with van der Waals surface area (Å²) in [6.45, 7) is 4.03. The minimum atomic E-state index is -4.68. The van der Waals surface area contributed by atoms with E-state index in [1.807, 2.05) is 6.92 Å². The zero-order chi connectivity index (χ0) is 17.3. The van der Waals surface area contributed by atoms with Gasteiger partial charge in [0, 0.05) is 36.8 Å². The van der Waals surface area contributed by atoms with E-state index in [2.05, 4.69) is 20.0 Å². The van der Waals surface area contributed by atoms with E-state index in [0.29, 0.717) is 17.7 Å². The van der Waals surface area contributed by atoms with E-state index >= 15 is 0 Å². The second-order valence-corrected chi connectivity index (χ2v) is 5.55. The molecule has 0 bridgehead atoms. The van der Waals surface area contributed by atoms with Crippen molar-refractivity contribution in [1.29, 1.82) is 0 Å². The Morgan fingerprint density at radius 1 is 1.32 bits per heavy atom. The number of amides is 1. The fourth-order valence-corrected chi connectivity index (χ4v) is 2.53. The SMILES string of the molecule is C[C@H]1CNCCN1C(=O)c1ccc(-c2noc(C(F)(F)F)n2)cc1.Cl. The summed E-state index contributed by atoms with van der Waals surface area (Å²) in [5.41, 5.74) is 0.811.